The van der Waals surface area contributed by atoms with Crippen LogP contribution >= 0.6 is 0 Å². The molecule has 1 saturated heterocycles. The van der Waals surface area contributed by atoms with Crippen molar-refractivity contribution in [2.24, 2.45) is 0 Å². The van der Waals surface area contributed by atoms with Gasteiger partial charge in [-0.2, -0.15) is 0 Å². The van der Waals surface area contributed by atoms with Gasteiger partial charge in [0.1, 0.15) is 11.6 Å². The number of ether oxygens (including phenoxy) is 1. The molecule has 2 rings (SSSR count). The van der Waals surface area contributed by atoms with Crippen molar-refractivity contribution in [1.82, 2.24) is 0 Å². The summed E-state index contributed by atoms with van der Waals surface area (Å²) in [6.45, 7) is 9.55. The molecule has 1 aliphatic rings. The van der Waals surface area contributed by atoms with Crippen molar-refractivity contribution in [2.45, 2.75) is 45.8 Å². The van der Waals surface area contributed by atoms with Gasteiger partial charge in [-0.15, -0.1) is 0 Å². The molecule has 1 heterocycles. The van der Waals surface area contributed by atoms with Crippen LogP contribution in [0.4, 0.5) is 4.39 Å². The first-order valence-corrected chi connectivity index (χ1v) is 6.37. The lowest BCUT2D eigenvalue weighted by atomic mass is 9.78. The Morgan fingerprint density at radius 2 is 1.63 bits per heavy atom. The summed E-state index contributed by atoms with van der Waals surface area (Å²) in [5.41, 5.74) is 0.218. The molecule has 0 aromatic heterocycles. The molecule has 0 amide bonds. The van der Waals surface area contributed by atoms with Gasteiger partial charge in [-0.05, 0) is 52.3 Å². The minimum Gasteiger partial charge on any atom is -0.497 e. The molecule has 0 N–H and O–H groups in total. The molecule has 5 heteroatoms. The summed E-state index contributed by atoms with van der Waals surface area (Å²) >= 11 is 0. The Morgan fingerprint density at radius 1 is 1.11 bits per heavy atom. The van der Waals surface area contributed by atoms with Crippen molar-refractivity contribution >= 4 is 12.6 Å². The minimum atomic E-state index is -0.616. The predicted octanol–water partition coefficient (Wildman–Crippen LogP) is 2.44. The summed E-state index contributed by atoms with van der Waals surface area (Å²) in [7, 11) is 0.941. The summed E-state index contributed by atoms with van der Waals surface area (Å²) in [6, 6.07) is 3.09. The van der Waals surface area contributed by atoms with E-state index in [-0.39, 0.29) is 5.82 Å². The summed E-state index contributed by atoms with van der Waals surface area (Å²) in [4.78, 5) is 0. The highest BCUT2D eigenvalue weighted by Crippen LogP contribution is 2.37. The Bertz CT molecular complexity index is 484. The van der Waals surface area contributed by atoms with E-state index in [9.17, 15) is 4.39 Å². The van der Waals surface area contributed by atoms with Gasteiger partial charge in [-0.25, -0.2) is 4.39 Å². The fraction of sp³-hybridized carbons (Fsp3) is 0.571. The highest BCUT2D eigenvalue weighted by atomic mass is 19.1. The van der Waals surface area contributed by atoms with Gasteiger partial charge in [-0.3, -0.25) is 0 Å². The zero-order chi connectivity index (χ0) is 14.4. The normalized spacial score (nSPS) is 20.7. The number of benzene rings is 1. The lowest BCUT2D eigenvalue weighted by molar-refractivity contribution is 0.00578. The van der Waals surface area contributed by atoms with E-state index in [0.717, 1.165) is 0 Å². The highest BCUT2D eigenvalue weighted by molar-refractivity contribution is 6.63. The fourth-order valence-electron chi connectivity index (χ4n) is 2.00. The van der Waals surface area contributed by atoms with Crippen LogP contribution in [0.5, 0.6) is 5.75 Å². The van der Waals surface area contributed by atoms with Crippen molar-refractivity contribution in [3.05, 3.63) is 23.5 Å². The zero-order valence-electron chi connectivity index (χ0n) is 12.3. The fourth-order valence-corrected chi connectivity index (χ4v) is 2.00. The summed E-state index contributed by atoms with van der Waals surface area (Å²) < 4.78 is 30.9. The third-order valence-corrected chi connectivity index (χ3v) is 4.02. The monoisotopic (exact) mass is 266 g/mol. The first-order valence-electron chi connectivity index (χ1n) is 6.37. The second kappa shape index (κ2) is 4.49. The Labute approximate surface area is 114 Å². The standard InChI is InChI=1S/C14H20BFO3/c1-9-7-12(17-6)10(8-11(9)16)15-18-13(2,3)14(4,5)19-15/h7-8H,1-6H3. The van der Waals surface area contributed by atoms with Crippen LogP contribution in [0.2, 0.25) is 0 Å². The van der Waals surface area contributed by atoms with Crippen LogP contribution in [0.15, 0.2) is 12.1 Å². The summed E-state index contributed by atoms with van der Waals surface area (Å²) in [5, 5.41) is 0. The number of hydrogen-bond donors (Lipinski definition) is 0. The van der Waals surface area contributed by atoms with Crippen LogP contribution in [0.1, 0.15) is 33.3 Å². The summed E-state index contributed by atoms with van der Waals surface area (Å²) in [6.07, 6.45) is 0. The topological polar surface area (TPSA) is 27.7 Å². The van der Waals surface area contributed by atoms with Gasteiger partial charge in [0.05, 0.1) is 18.3 Å². The molecule has 1 aromatic rings. The predicted molar refractivity (Wildman–Crippen MR) is 73.4 cm³/mol. The third-order valence-electron chi connectivity index (χ3n) is 4.02. The lowest BCUT2D eigenvalue weighted by Gasteiger charge is -2.32. The average Bonchev–Trinajstić information content (AvgIpc) is 2.51. The molecule has 1 fully saturated rings. The number of methoxy groups -OCH3 is 1. The van der Waals surface area contributed by atoms with Gasteiger partial charge < -0.3 is 14.0 Å². The molecule has 0 spiro atoms. The van der Waals surface area contributed by atoms with Crippen LogP contribution in [0, 0.1) is 12.7 Å². The maximum absolute atomic E-state index is 13.8. The van der Waals surface area contributed by atoms with E-state index in [1.807, 2.05) is 27.7 Å². The van der Waals surface area contributed by atoms with Crippen LogP contribution in [0.25, 0.3) is 0 Å². The number of rotatable bonds is 2. The van der Waals surface area contributed by atoms with Gasteiger partial charge in [0, 0.05) is 5.46 Å². The maximum Gasteiger partial charge on any atom is 0.498 e. The second-order valence-electron chi connectivity index (χ2n) is 5.93. The SMILES string of the molecule is COc1cc(C)c(F)cc1B1OC(C)(C)C(C)(C)O1. The Balaban J connectivity index is 2.42. The van der Waals surface area contributed by atoms with Crippen molar-refractivity contribution in [2.75, 3.05) is 7.11 Å². The van der Waals surface area contributed by atoms with Crippen LogP contribution in [0.3, 0.4) is 0 Å². The molecule has 0 unspecified atom stereocenters. The Kier molecular flexibility index (Phi) is 3.39. The van der Waals surface area contributed by atoms with Crippen LogP contribution in [-0.4, -0.2) is 25.4 Å². The maximum atomic E-state index is 13.8. The van der Waals surface area contributed by atoms with E-state index in [1.54, 1.807) is 20.1 Å². The third kappa shape index (κ3) is 2.37. The number of aryl methyl sites for hydroxylation is 1. The smallest absolute Gasteiger partial charge is 0.497 e. The highest BCUT2D eigenvalue weighted by Gasteiger charge is 2.52. The first-order chi connectivity index (χ1) is 8.68. The molecule has 104 valence electrons. The molecule has 0 aliphatic carbocycles. The molecule has 19 heavy (non-hydrogen) atoms. The molecule has 0 atom stereocenters. The number of hydrogen-bond acceptors (Lipinski definition) is 3. The zero-order valence-corrected chi connectivity index (χ0v) is 12.3. The second-order valence-corrected chi connectivity index (χ2v) is 5.93. The molecule has 0 radical (unpaired) electrons. The van der Waals surface area contributed by atoms with Crippen molar-refractivity contribution in [3.63, 3.8) is 0 Å². The van der Waals surface area contributed by atoms with E-state index in [1.165, 1.54) is 6.07 Å². The molecule has 1 aromatic carbocycles. The van der Waals surface area contributed by atoms with Crippen molar-refractivity contribution < 1.29 is 18.4 Å². The van der Waals surface area contributed by atoms with E-state index in [2.05, 4.69) is 0 Å². The largest absolute Gasteiger partial charge is 0.498 e. The minimum absolute atomic E-state index is 0.287. The van der Waals surface area contributed by atoms with E-state index in [0.29, 0.717) is 16.8 Å². The van der Waals surface area contributed by atoms with E-state index in [4.69, 9.17) is 14.0 Å². The van der Waals surface area contributed by atoms with Gasteiger partial charge in [0.15, 0.2) is 0 Å². The number of halogens is 1. The summed E-state index contributed by atoms with van der Waals surface area (Å²) in [5.74, 6) is 0.294. The van der Waals surface area contributed by atoms with Gasteiger partial charge in [0.2, 0.25) is 0 Å². The molecular weight excluding hydrogens is 246 g/mol. The average molecular weight is 266 g/mol. The molecule has 3 nitrogen and oxygen atoms in total. The van der Waals surface area contributed by atoms with Gasteiger partial charge in [0.25, 0.3) is 0 Å². The molecular formula is C14H20BFO3. The quantitative estimate of drug-likeness (QED) is 0.769. The van der Waals surface area contributed by atoms with E-state index >= 15 is 0 Å². The van der Waals surface area contributed by atoms with Crippen LogP contribution < -0.4 is 10.2 Å². The molecule has 0 bridgehead atoms. The first kappa shape index (κ1) is 14.3. The van der Waals surface area contributed by atoms with E-state index < -0.39 is 18.3 Å². The Morgan fingerprint density at radius 3 is 2.11 bits per heavy atom. The Hall–Kier alpha value is -1.07. The lowest BCUT2D eigenvalue weighted by Crippen LogP contribution is -2.41. The van der Waals surface area contributed by atoms with Crippen molar-refractivity contribution in [1.29, 1.82) is 0 Å². The molecule has 0 saturated carbocycles. The van der Waals surface area contributed by atoms with Crippen LogP contribution in [-0.2, 0) is 9.31 Å². The van der Waals surface area contributed by atoms with Crippen molar-refractivity contribution in [3.8, 4) is 5.75 Å². The molecule has 1 aliphatic heterocycles. The van der Waals surface area contributed by atoms with Gasteiger partial charge in [-0.1, -0.05) is 0 Å². The van der Waals surface area contributed by atoms with Gasteiger partial charge >= 0.3 is 7.12 Å².